The number of carbonyl (C=O) groups is 2. The van der Waals surface area contributed by atoms with E-state index < -0.39 is 6.04 Å². The Kier molecular flexibility index (Phi) is 3.96. The number of carbonyl (C=O) groups excluding carboxylic acids is 2. The van der Waals surface area contributed by atoms with Crippen LogP contribution in [0.1, 0.15) is 20.3 Å². The minimum Gasteiger partial charge on any atom is -0.323 e. The number of halogens is 1. The molecular formula is C15H16ClN5O2. The van der Waals surface area contributed by atoms with E-state index >= 15 is 0 Å². The number of fused-ring (bicyclic) bond motifs is 1. The van der Waals surface area contributed by atoms with Crippen LogP contribution in [0.2, 0.25) is 5.02 Å². The van der Waals surface area contributed by atoms with Gasteiger partial charge in [-0.25, -0.2) is 5.01 Å². The molecule has 0 spiro atoms. The van der Waals surface area contributed by atoms with Crippen molar-refractivity contribution in [1.82, 2.24) is 15.8 Å². The molecule has 2 aliphatic rings. The number of allylic oxidation sites excluding steroid dienone is 1. The highest BCUT2D eigenvalue weighted by atomic mass is 35.5. The molecule has 8 heteroatoms. The Labute approximate surface area is 138 Å². The number of nitrogens with zero attached hydrogens (tertiary/aromatic N) is 2. The number of benzene rings is 1. The van der Waals surface area contributed by atoms with Crippen molar-refractivity contribution in [2.24, 2.45) is 4.99 Å². The van der Waals surface area contributed by atoms with Crippen LogP contribution in [0.5, 0.6) is 0 Å². The van der Waals surface area contributed by atoms with E-state index in [1.165, 1.54) is 0 Å². The highest BCUT2D eigenvalue weighted by Crippen LogP contribution is 2.23. The average molecular weight is 334 g/mol. The van der Waals surface area contributed by atoms with Crippen molar-refractivity contribution in [1.29, 1.82) is 0 Å². The molecule has 1 unspecified atom stereocenters. The van der Waals surface area contributed by atoms with E-state index in [1.54, 1.807) is 29.3 Å². The van der Waals surface area contributed by atoms with E-state index in [-0.39, 0.29) is 18.2 Å². The molecule has 2 heterocycles. The number of hydrazine groups is 1. The number of aliphatic imine (C=N–C) groups is 1. The van der Waals surface area contributed by atoms with Crippen molar-refractivity contribution >= 4 is 35.1 Å². The molecule has 1 aromatic carbocycles. The van der Waals surface area contributed by atoms with Crippen LogP contribution in [-0.2, 0) is 9.59 Å². The summed E-state index contributed by atoms with van der Waals surface area (Å²) in [4.78, 5) is 28.7. The molecule has 0 aromatic heterocycles. The van der Waals surface area contributed by atoms with Gasteiger partial charge in [-0.05, 0) is 31.6 Å². The Morgan fingerprint density at radius 1 is 1.39 bits per heavy atom. The van der Waals surface area contributed by atoms with Crippen molar-refractivity contribution < 1.29 is 9.59 Å². The van der Waals surface area contributed by atoms with Gasteiger partial charge in [-0.1, -0.05) is 23.7 Å². The largest absolute Gasteiger partial charge is 0.323 e. The zero-order valence-electron chi connectivity index (χ0n) is 12.7. The van der Waals surface area contributed by atoms with Crippen LogP contribution in [0, 0.1) is 0 Å². The third-order valence-corrected chi connectivity index (χ3v) is 3.85. The first-order valence-corrected chi connectivity index (χ1v) is 7.51. The predicted molar refractivity (Wildman–Crippen MR) is 87.4 cm³/mol. The second-order valence-corrected chi connectivity index (χ2v) is 5.91. The van der Waals surface area contributed by atoms with Gasteiger partial charge in [-0.3, -0.25) is 20.3 Å². The van der Waals surface area contributed by atoms with Crippen LogP contribution in [0.15, 0.2) is 40.7 Å². The fourth-order valence-corrected chi connectivity index (χ4v) is 2.50. The van der Waals surface area contributed by atoms with Crippen LogP contribution in [0.25, 0.3) is 0 Å². The summed E-state index contributed by atoms with van der Waals surface area (Å²) < 4.78 is 0. The number of hydrogen-bond donors (Lipinski definition) is 3. The third-order valence-electron chi connectivity index (χ3n) is 3.52. The molecule has 7 nitrogen and oxygen atoms in total. The van der Waals surface area contributed by atoms with Crippen molar-refractivity contribution in [3.05, 3.63) is 40.7 Å². The molecule has 2 aliphatic heterocycles. The van der Waals surface area contributed by atoms with Crippen molar-refractivity contribution in [2.75, 3.05) is 5.32 Å². The second-order valence-electron chi connectivity index (χ2n) is 5.50. The van der Waals surface area contributed by atoms with Gasteiger partial charge < -0.3 is 5.32 Å². The number of amides is 2. The molecule has 120 valence electrons. The molecule has 1 aromatic rings. The Hall–Kier alpha value is -2.54. The number of para-hydroxylation sites is 1. The fourth-order valence-electron chi connectivity index (χ4n) is 2.32. The van der Waals surface area contributed by atoms with Gasteiger partial charge in [-0.2, -0.15) is 4.99 Å². The maximum absolute atomic E-state index is 12.6. The van der Waals surface area contributed by atoms with Crippen LogP contribution in [-0.4, -0.2) is 28.8 Å². The molecule has 3 N–H and O–H groups in total. The van der Waals surface area contributed by atoms with E-state index in [0.717, 1.165) is 5.57 Å². The number of anilines is 1. The number of hydrogen-bond acceptors (Lipinski definition) is 5. The van der Waals surface area contributed by atoms with Gasteiger partial charge in [0.1, 0.15) is 11.9 Å². The monoisotopic (exact) mass is 333 g/mol. The second kappa shape index (κ2) is 5.92. The highest BCUT2D eigenvalue weighted by Gasteiger charge is 2.39. The van der Waals surface area contributed by atoms with Crippen LogP contribution in [0.3, 0.4) is 0 Å². The topological polar surface area (TPSA) is 85.8 Å². The van der Waals surface area contributed by atoms with Gasteiger partial charge in [0, 0.05) is 0 Å². The van der Waals surface area contributed by atoms with E-state index in [0.29, 0.717) is 22.5 Å². The maximum Gasteiger partial charge on any atom is 0.249 e. The summed E-state index contributed by atoms with van der Waals surface area (Å²) in [5.74, 6) is 0.369. The molecule has 1 fully saturated rings. The molecule has 2 amide bonds. The highest BCUT2D eigenvalue weighted by molar-refractivity contribution is 6.33. The third kappa shape index (κ3) is 3.00. The van der Waals surface area contributed by atoms with Gasteiger partial charge >= 0.3 is 0 Å². The SMILES string of the molecule is CC(C)=C1N=C2NC(=O)CC(C(=O)Nc3ccccc3Cl)N2N1. The molecule has 1 saturated heterocycles. The summed E-state index contributed by atoms with van der Waals surface area (Å²) in [6.45, 7) is 3.79. The first kappa shape index (κ1) is 15.4. The lowest BCUT2D eigenvalue weighted by Gasteiger charge is -2.32. The maximum atomic E-state index is 12.6. The summed E-state index contributed by atoms with van der Waals surface area (Å²) >= 11 is 6.06. The predicted octanol–water partition coefficient (Wildman–Crippen LogP) is 1.59. The lowest BCUT2D eigenvalue weighted by molar-refractivity contribution is -0.129. The average Bonchev–Trinajstić information content (AvgIpc) is 2.92. The Bertz CT molecular complexity index is 739. The van der Waals surface area contributed by atoms with E-state index in [2.05, 4.69) is 21.1 Å². The van der Waals surface area contributed by atoms with Gasteiger partial charge in [0.15, 0.2) is 0 Å². The summed E-state index contributed by atoms with van der Waals surface area (Å²) in [6.07, 6.45) is 0.0261. The van der Waals surface area contributed by atoms with Crippen LogP contribution in [0.4, 0.5) is 5.69 Å². The summed E-state index contributed by atoms with van der Waals surface area (Å²) in [5, 5.41) is 7.42. The molecule has 0 radical (unpaired) electrons. The van der Waals surface area contributed by atoms with Gasteiger partial charge in [0.2, 0.25) is 17.8 Å². The standard InChI is InChI=1S/C15H16ClN5O2/c1-8(2)13-19-15-18-12(22)7-11(21(15)20-13)14(23)17-10-6-4-3-5-9(10)16/h3-6,11,20H,7H2,1-2H3,(H,17,23)(H,18,19,22). The molecule has 0 saturated carbocycles. The number of guanidine groups is 1. The van der Waals surface area contributed by atoms with E-state index in [1.807, 2.05) is 13.8 Å². The normalized spacial score (nSPS) is 19.5. The summed E-state index contributed by atoms with van der Waals surface area (Å²) in [7, 11) is 0. The molecule has 1 atom stereocenters. The lowest BCUT2D eigenvalue weighted by Crippen LogP contribution is -2.61. The first-order valence-electron chi connectivity index (χ1n) is 7.13. The lowest BCUT2D eigenvalue weighted by atomic mass is 10.1. The first-order chi connectivity index (χ1) is 11.0. The van der Waals surface area contributed by atoms with Gasteiger partial charge in [0.25, 0.3) is 0 Å². The molecule has 23 heavy (non-hydrogen) atoms. The summed E-state index contributed by atoms with van der Waals surface area (Å²) in [5.41, 5.74) is 4.50. The zero-order chi connectivity index (χ0) is 16.6. The fraction of sp³-hybridized carbons (Fsp3) is 0.267. The minimum absolute atomic E-state index is 0.0261. The Balaban J connectivity index is 1.83. The molecule has 0 bridgehead atoms. The van der Waals surface area contributed by atoms with Gasteiger partial charge in [-0.15, -0.1) is 0 Å². The van der Waals surface area contributed by atoms with Crippen molar-refractivity contribution in [3.8, 4) is 0 Å². The van der Waals surface area contributed by atoms with Crippen LogP contribution < -0.4 is 16.1 Å². The number of nitrogens with one attached hydrogen (secondary N) is 3. The Morgan fingerprint density at radius 3 is 2.83 bits per heavy atom. The van der Waals surface area contributed by atoms with E-state index in [9.17, 15) is 9.59 Å². The smallest absolute Gasteiger partial charge is 0.249 e. The number of rotatable bonds is 2. The van der Waals surface area contributed by atoms with E-state index in [4.69, 9.17) is 11.6 Å². The zero-order valence-corrected chi connectivity index (χ0v) is 13.4. The van der Waals surface area contributed by atoms with Crippen molar-refractivity contribution in [3.63, 3.8) is 0 Å². The molecule has 0 aliphatic carbocycles. The minimum atomic E-state index is -0.712. The molecule has 3 rings (SSSR count). The van der Waals surface area contributed by atoms with Gasteiger partial charge in [0.05, 0.1) is 17.1 Å². The molecular weight excluding hydrogens is 318 g/mol. The van der Waals surface area contributed by atoms with Crippen molar-refractivity contribution in [2.45, 2.75) is 26.3 Å². The Morgan fingerprint density at radius 2 is 2.13 bits per heavy atom. The summed E-state index contributed by atoms with van der Waals surface area (Å²) in [6, 6.07) is 6.23. The van der Waals surface area contributed by atoms with Crippen LogP contribution >= 0.6 is 11.6 Å². The quantitative estimate of drug-likeness (QED) is 0.767.